The van der Waals surface area contributed by atoms with Gasteiger partial charge in [-0.1, -0.05) is 17.7 Å². The third kappa shape index (κ3) is 4.88. The molecule has 28 heavy (non-hydrogen) atoms. The van der Waals surface area contributed by atoms with E-state index in [1.165, 1.54) is 0 Å². The summed E-state index contributed by atoms with van der Waals surface area (Å²) in [4.78, 5) is 14.1. The van der Waals surface area contributed by atoms with Crippen LogP contribution in [0.2, 0.25) is 5.02 Å². The van der Waals surface area contributed by atoms with Crippen LogP contribution in [-0.4, -0.2) is 41.7 Å². The van der Waals surface area contributed by atoms with E-state index in [1.807, 2.05) is 31.0 Å². The van der Waals surface area contributed by atoms with Crippen LogP contribution in [0.25, 0.3) is 11.5 Å². The van der Waals surface area contributed by atoms with E-state index < -0.39 is 0 Å². The van der Waals surface area contributed by atoms with E-state index in [0.29, 0.717) is 22.5 Å². The molecule has 0 aliphatic heterocycles. The summed E-state index contributed by atoms with van der Waals surface area (Å²) in [5, 5.41) is 11.6. The molecule has 1 heterocycles. The number of amides is 1. The smallest absolute Gasteiger partial charge is 0.247 e. The van der Waals surface area contributed by atoms with Gasteiger partial charge in [-0.2, -0.15) is 0 Å². The summed E-state index contributed by atoms with van der Waals surface area (Å²) in [6.45, 7) is 2.07. The highest BCUT2D eigenvalue weighted by Crippen LogP contribution is 2.25. The number of rotatable bonds is 7. The third-order valence-electron chi connectivity index (χ3n) is 4.30. The van der Waals surface area contributed by atoms with Gasteiger partial charge in [-0.3, -0.25) is 9.69 Å². The van der Waals surface area contributed by atoms with Crippen LogP contribution in [-0.2, 0) is 4.79 Å². The first kappa shape index (κ1) is 19.9. The van der Waals surface area contributed by atoms with Crippen molar-refractivity contribution in [2.75, 3.05) is 26.0 Å². The molecule has 0 unspecified atom stereocenters. The molecule has 0 bridgehead atoms. The van der Waals surface area contributed by atoms with Crippen molar-refractivity contribution in [1.29, 1.82) is 0 Å². The van der Waals surface area contributed by atoms with E-state index >= 15 is 0 Å². The van der Waals surface area contributed by atoms with Gasteiger partial charge in [0.05, 0.1) is 19.7 Å². The number of carbonyl (C=O) groups is 1. The number of nitrogens with one attached hydrogen (secondary N) is 1. The maximum absolute atomic E-state index is 12.3. The Morgan fingerprint density at radius 2 is 2.00 bits per heavy atom. The quantitative estimate of drug-likeness (QED) is 0.644. The second kappa shape index (κ2) is 8.86. The molecule has 0 spiro atoms. The average molecular weight is 401 g/mol. The van der Waals surface area contributed by atoms with Gasteiger partial charge in [0, 0.05) is 16.3 Å². The highest BCUT2D eigenvalue weighted by molar-refractivity contribution is 6.30. The number of ether oxygens (including phenoxy) is 1. The second-order valence-corrected chi connectivity index (χ2v) is 6.76. The van der Waals surface area contributed by atoms with Gasteiger partial charge in [0.25, 0.3) is 0 Å². The van der Waals surface area contributed by atoms with Crippen molar-refractivity contribution in [1.82, 2.24) is 15.1 Å². The van der Waals surface area contributed by atoms with Crippen molar-refractivity contribution in [3.63, 3.8) is 0 Å². The first-order chi connectivity index (χ1) is 13.5. The molecule has 0 saturated heterocycles. The number of carbonyl (C=O) groups excluding carboxylic acids is 1. The molecule has 1 N–H and O–H groups in total. The lowest BCUT2D eigenvalue weighted by Crippen LogP contribution is -2.32. The lowest BCUT2D eigenvalue weighted by atomic mass is 10.2. The summed E-state index contributed by atoms with van der Waals surface area (Å²) in [5.41, 5.74) is 1.45. The van der Waals surface area contributed by atoms with Gasteiger partial charge in [0.2, 0.25) is 17.7 Å². The van der Waals surface area contributed by atoms with Crippen LogP contribution in [0.1, 0.15) is 18.9 Å². The zero-order valence-corrected chi connectivity index (χ0v) is 16.6. The SMILES string of the molecule is COc1ccc(NC(=O)CN(C)[C@H](C)c2nnc(-c3cccc(Cl)c3)o2)cc1. The predicted octanol–water partition coefficient (Wildman–Crippen LogP) is 4.03. The number of hydrogen-bond acceptors (Lipinski definition) is 6. The molecule has 0 aliphatic rings. The fourth-order valence-electron chi connectivity index (χ4n) is 2.57. The zero-order chi connectivity index (χ0) is 20.1. The molecule has 7 nitrogen and oxygen atoms in total. The summed E-state index contributed by atoms with van der Waals surface area (Å²) in [6.07, 6.45) is 0. The number of benzene rings is 2. The van der Waals surface area contributed by atoms with Crippen LogP contribution in [0.3, 0.4) is 0 Å². The van der Waals surface area contributed by atoms with E-state index in [0.717, 1.165) is 11.3 Å². The lowest BCUT2D eigenvalue weighted by Gasteiger charge is -2.21. The average Bonchev–Trinajstić information content (AvgIpc) is 3.18. The van der Waals surface area contributed by atoms with Crippen LogP contribution in [0, 0.1) is 0 Å². The highest BCUT2D eigenvalue weighted by Gasteiger charge is 2.21. The van der Waals surface area contributed by atoms with Gasteiger partial charge in [-0.25, -0.2) is 0 Å². The highest BCUT2D eigenvalue weighted by atomic mass is 35.5. The molecule has 2 aromatic carbocycles. The third-order valence-corrected chi connectivity index (χ3v) is 4.53. The van der Waals surface area contributed by atoms with Gasteiger partial charge in [0.1, 0.15) is 5.75 Å². The molecular weight excluding hydrogens is 380 g/mol. The summed E-state index contributed by atoms with van der Waals surface area (Å²) < 4.78 is 10.9. The van der Waals surface area contributed by atoms with Crippen molar-refractivity contribution in [3.8, 4) is 17.2 Å². The zero-order valence-electron chi connectivity index (χ0n) is 15.8. The molecule has 1 atom stereocenters. The van der Waals surface area contributed by atoms with E-state index in [-0.39, 0.29) is 18.5 Å². The minimum atomic E-state index is -0.234. The van der Waals surface area contributed by atoms with E-state index in [1.54, 1.807) is 43.5 Å². The van der Waals surface area contributed by atoms with Crippen molar-refractivity contribution in [3.05, 3.63) is 59.4 Å². The number of likely N-dealkylation sites (N-methyl/N-ethyl adjacent to an activating group) is 1. The number of anilines is 1. The minimum Gasteiger partial charge on any atom is -0.497 e. The van der Waals surface area contributed by atoms with Gasteiger partial charge in [0.15, 0.2) is 0 Å². The van der Waals surface area contributed by atoms with Crippen molar-refractivity contribution >= 4 is 23.2 Å². The standard InChI is InChI=1S/C20H21ClN4O3/c1-13(19-23-24-20(28-19)14-5-4-6-15(21)11-14)25(2)12-18(26)22-16-7-9-17(27-3)10-8-16/h4-11,13H,12H2,1-3H3,(H,22,26)/t13-/m1/s1. The number of aromatic nitrogens is 2. The van der Waals surface area contributed by atoms with Crippen molar-refractivity contribution in [2.24, 2.45) is 0 Å². The van der Waals surface area contributed by atoms with Gasteiger partial charge < -0.3 is 14.5 Å². The minimum absolute atomic E-state index is 0.144. The maximum atomic E-state index is 12.3. The molecule has 3 aromatic rings. The maximum Gasteiger partial charge on any atom is 0.247 e. The van der Waals surface area contributed by atoms with Crippen LogP contribution in [0.4, 0.5) is 5.69 Å². The molecule has 3 rings (SSSR count). The number of nitrogens with zero attached hydrogens (tertiary/aromatic N) is 3. The van der Waals surface area contributed by atoms with Crippen molar-refractivity contribution < 1.29 is 13.9 Å². The van der Waals surface area contributed by atoms with Crippen LogP contribution in [0.5, 0.6) is 5.75 Å². The largest absolute Gasteiger partial charge is 0.497 e. The Kier molecular flexibility index (Phi) is 6.28. The van der Waals surface area contributed by atoms with Crippen LogP contribution < -0.4 is 10.1 Å². The summed E-state index contributed by atoms with van der Waals surface area (Å²) in [7, 11) is 3.42. The van der Waals surface area contributed by atoms with Gasteiger partial charge >= 0.3 is 0 Å². The number of hydrogen-bond donors (Lipinski definition) is 1. The normalized spacial score (nSPS) is 12.0. The lowest BCUT2D eigenvalue weighted by molar-refractivity contribution is -0.117. The number of methoxy groups -OCH3 is 1. The molecule has 0 saturated carbocycles. The monoisotopic (exact) mass is 400 g/mol. The molecule has 146 valence electrons. The molecular formula is C20H21ClN4O3. The molecule has 8 heteroatoms. The molecule has 1 aromatic heterocycles. The second-order valence-electron chi connectivity index (χ2n) is 6.32. The topological polar surface area (TPSA) is 80.5 Å². The number of halogens is 1. The summed E-state index contributed by atoms with van der Waals surface area (Å²) in [5.74, 6) is 1.40. The predicted molar refractivity (Wildman–Crippen MR) is 107 cm³/mol. The Labute approximate surface area is 168 Å². The molecule has 0 aliphatic carbocycles. The first-order valence-electron chi connectivity index (χ1n) is 8.69. The Bertz CT molecular complexity index is 943. The molecule has 0 radical (unpaired) electrons. The first-order valence-corrected chi connectivity index (χ1v) is 9.07. The van der Waals surface area contributed by atoms with Crippen molar-refractivity contribution in [2.45, 2.75) is 13.0 Å². The summed E-state index contributed by atoms with van der Waals surface area (Å²) >= 11 is 6.01. The van der Waals surface area contributed by atoms with Crippen LogP contribution >= 0.6 is 11.6 Å². The molecule has 1 amide bonds. The Balaban J connectivity index is 1.60. The Hall–Kier alpha value is -2.90. The Morgan fingerprint density at radius 3 is 2.68 bits per heavy atom. The van der Waals surface area contributed by atoms with Gasteiger partial charge in [-0.05, 0) is 56.4 Å². The molecule has 0 fully saturated rings. The fourth-order valence-corrected chi connectivity index (χ4v) is 2.76. The van der Waals surface area contributed by atoms with Gasteiger partial charge in [-0.15, -0.1) is 10.2 Å². The Morgan fingerprint density at radius 1 is 1.25 bits per heavy atom. The van der Waals surface area contributed by atoms with E-state index in [4.69, 9.17) is 20.8 Å². The fraction of sp³-hybridized carbons (Fsp3) is 0.250. The van der Waals surface area contributed by atoms with E-state index in [2.05, 4.69) is 15.5 Å². The summed E-state index contributed by atoms with van der Waals surface area (Å²) in [6, 6.07) is 14.1. The van der Waals surface area contributed by atoms with Crippen LogP contribution in [0.15, 0.2) is 52.9 Å². The van der Waals surface area contributed by atoms with E-state index in [9.17, 15) is 4.79 Å².